The second-order valence-corrected chi connectivity index (χ2v) is 3.65. The maximum Gasteiger partial charge on any atom is 0.197 e. The number of hydrogen-bond donors (Lipinski definition) is 1. The second-order valence-electron chi connectivity index (χ2n) is 2.74. The zero-order chi connectivity index (χ0) is 9.84. The first-order valence-corrected chi connectivity index (χ1v) is 4.77. The van der Waals surface area contributed by atoms with Crippen molar-refractivity contribution in [1.29, 1.82) is 0 Å². The van der Waals surface area contributed by atoms with Crippen molar-refractivity contribution >= 4 is 21.7 Å². The van der Waals surface area contributed by atoms with E-state index in [0.29, 0.717) is 5.69 Å². The first-order valence-electron chi connectivity index (χ1n) is 3.98. The van der Waals surface area contributed by atoms with Crippen molar-refractivity contribution in [1.82, 2.24) is 10.3 Å². The Morgan fingerprint density at radius 3 is 2.77 bits per heavy atom. The highest BCUT2D eigenvalue weighted by Crippen LogP contribution is 2.08. The molecule has 0 amide bonds. The van der Waals surface area contributed by atoms with E-state index in [9.17, 15) is 4.79 Å². The van der Waals surface area contributed by atoms with Crippen molar-refractivity contribution in [2.45, 2.75) is 13.0 Å². The first kappa shape index (κ1) is 10.3. The van der Waals surface area contributed by atoms with Crippen LogP contribution in [0.3, 0.4) is 0 Å². The summed E-state index contributed by atoms with van der Waals surface area (Å²) in [5.74, 6) is 0.00926. The van der Waals surface area contributed by atoms with E-state index in [1.165, 1.54) is 0 Å². The van der Waals surface area contributed by atoms with Gasteiger partial charge in [-0.15, -0.1) is 0 Å². The summed E-state index contributed by atoms with van der Waals surface area (Å²) in [5, 5.41) is 2.88. The molecule has 1 aromatic rings. The fourth-order valence-electron chi connectivity index (χ4n) is 0.874. The van der Waals surface area contributed by atoms with Gasteiger partial charge in [0.25, 0.3) is 0 Å². The highest BCUT2D eigenvalue weighted by molar-refractivity contribution is 9.10. The molecule has 1 heterocycles. The lowest BCUT2D eigenvalue weighted by Crippen LogP contribution is -2.31. The molecule has 0 aliphatic carbocycles. The molecule has 4 heteroatoms. The van der Waals surface area contributed by atoms with Gasteiger partial charge in [-0.25, -0.2) is 0 Å². The summed E-state index contributed by atoms with van der Waals surface area (Å²) >= 11 is 3.26. The van der Waals surface area contributed by atoms with Gasteiger partial charge in [0.05, 0.1) is 6.04 Å². The van der Waals surface area contributed by atoms with E-state index in [1.54, 1.807) is 19.3 Å². The van der Waals surface area contributed by atoms with Crippen LogP contribution in [0.5, 0.6) is 0 Å². The fraction of sp³-hybridized carbons (Fsp3) is 0.333. The van der Waals surface area contributed by atoms with E-state index >= 15 is 0 Å². The number of nitrogens with one attached hydrogen (secondary N) is 1. The predicted octanol–water partition coefficient (Wildman–Crippen LogP) is 1.63. The zero-order valence-electron chi connectivity index (χ0n) is 7.54. The number of halogens is 1. The van der Waals surface area contributed by atoms with Crippen LogP contribution in [-0.2, 0) is 0 Å². The number of rotatable bonds is 3. The van der Waals surface area contributed by atoms with Gasteiger partial charge in [0.2, 0.25) is 0 Å². The maximum atomic E-state index is 11.5. The number of Topliss-reactive ketones (excluding diaryl/α,β-unsaturated/α-hetero) is 1. The van der Waals surface area contributed by atoms with Crippen LogP contribution in [-0.4, -0.2) is 23.9 Å². The van der Waals surface area contributed by atoms with Crippen molar-refractivity contribution in [2.75, 3.05) is 7.05 Å². The summed E-state index contributed by atoms with van der Waals surface area (Å²) < 4.78 is 0.876. The summed E-state index contributed by atoms with van der Waals surface area (Å²) in [7, 11) is 1.75. The number of ketones is 1. The van der Waals surface area contributed by atoms with Gasteiger partial charge in [-0.1, -0.05) is 0 Å². The van der Waals surface area contributed by atoms with E-state index in [1.807, 2.05) is 13.0 Å². The Bertz CT molecular complexity index is 297. The lowest BCUT2D eigenvalue weighted by Gasteiger charge is -2.07. The minimum absolute atomic E-state index is 0.00926. The molecule has 0 radical (unpaired) electrons. The Morgan fingerprint density at radius 1 is 1.62 bits per heavy atom. The van der Waals surface area contributed by atoms with E-state index in [2.05, 4.69) is 26.2 Å². The molecule has 0 bridgehead atoms. The SMILES string of the molecule is CNC(C)C(=O)c1ccc(Br)cn1. The maximum absolute atomic E-state index is 11.5. The minimum atomic E-state index is -0.186. The molecule has 1 rings (SSSR count). The van der Waals surface area contributed by atoms with Crippen molar-refractivity contribution in [3.05, 3.63) is 28.5 Å². The van der Waals surface area contributed by atoms with Gasteiger partial charge in [-0.3, -0.25) is 9.78 Å². The fourth-order valence-corrected chi connectivity index (χ4v) is 1.11. The third-order valence-electron chi connectivity index (χ3n) is 1.81. The summed E-state index contributed by atoms with van der Waals surface area (Å²) in [6, 6.07) is 3.33. The Morgan fingerprint density at radius 2 is 2.31 bits per heavy atom. The van der Waals surface area contributed by atoms with Crippen LogP contribution in [0.15, 0.2) is 22.8 Å². The summed E-state index contributed by atoms with van der Waals surface area (Å²) in [5.41, 5.74) is 0.491. The number of nitrogens with zero attached hydrogens (tertiary/aromatic N) is 1. The molecular formula is C9H11BrN2O. The van der Waals surface area contributed by atoms with Crippen LogP contribution in [0.1, 0.15) is 17.4 Å². The molecule has 0 aliphatic rings. The topological polar surface area (TPSA) is 42.0 Å². The van der Waals surface area contributed by atoms with E-state index < -0.39 is 0 Å². The predicted molar refractivity (Wildman–Crippen MR) is 54.8 cm³/mol. The average Bonchev–Trinajstić information content (AvgIpc) is 2.17. The van der Waals surface area contributed by atoms with Crippen LogP contribution in [0.4, 0.5) is 0 Å². The number of pyridine rings is 1. The summed E-state index contributed by atoms with van der Waals surface area (Å²) in [6.45, 7) is 1.81. The molecule has 3 nitrogen and oxygen atoms in total. The standard InChI is InChI=1S/C9H11BrN2O/c1-6(11-2)9(13)8-4-3-7(10)5-12-8/h3-6,11H,1-2H3. The average molecular weight is 243 g/mol. The van der Waals surface area contributed by atoms with E-state index in [-0.39, 0.29) is 11.8 Å². The van der Waals surface area contributed by atoms with Crippen LogP contribution in [0, 0.1) is 0 Å². The molecule has 1 atom stereocenters. The Balaban J connectivity index is 2.83. The monoisotopic (exact) mass is 242 g/mol. The Hall–Kier alpha value is -0.740. The van der Waals surface area contributed by atoms with Crippen LogP contribution >= 0.6 is 15.9 Å². The number of hydrogen-bond acceptors (Lipinski definition) is 3. The molecule has 13 heavy (non-hydrogen) atoms. The van der Waals surface area contributed by atoms with Crippen LogP contribution < -0.4 is 5.32 Å². The number of aromatic nitrogens is 1. The largest absolute Gasteiger partial charge is 0.310 e. The third kappa shape index (κ3) is 2.60. The zero-order valence-corrected chi connectivity index (χ0v) is 9.13. The highest BCUT2D eigenvalue weighted by Gasteiger charge is 2.13. The van der Waals surface area contributed by atoms with Crippen molar-refractivity contribution in [2.24, 2.45) is 0 Å². The van der Waals surface area contributed by atoms with Crippen molar-refractivity contribution < 1.29 is 4.79 Å². The summed E-state index contributed by atoms with van der Waals surface area (Å²) in [6.07, 6.45) is 1.62. The third-order valence-corrected chi connectivity index (χ3v) is 2.28. The molecule has 0 spiro atoms. The quantitative estimate of drug-likeness (QED) is 0.820. The lowest BCUT2D eigenvalue weighted by atomic mass is 10.1. The molecule has 0 saturated carbocycles. The van der Waals surface area contributed by atoms with Gasteiger partial charge < -0.3 is 5.32 Å². The smallest absolute Gasteiger partial charge is 0.197 e. The Labute approximate surface area is 85.7 Å². The lowest BCUT2D eigenvalue weighted by molar-refractivity contribution is 0.0950. The minimum Gasteiger partial charge on any atom is -0.310 e. The Kier molecular flexibility index (Phi) is 3.57. The van der Waals surface area contributed by atoms with Gasteiger partial charge in [-0.05, 0) is 42.0 Å². The van der Waals surface area contributed by atoms with Gasteiger partial charge in [0, 0.05) is 10.7 Å². The molecular weight excluding hydrogens is 232 g/mol. The van der Waals surface area contributed by atoms with Crippen LogP contribution in [0.2, 0.25) is 0 Å². The molecule has 0 fully saturated rings. The molecule has 1 aromatic heterocycles. The molecule has 0 saturated heterocycles. The number of carbonyl (C=O) groups is 1. The van der Waals surface area contributed by atoms with Gasteiger partial charge >= 0.3 is 0 Å². The van der Waals surface area contributed by atoms with Gasteiger partial charge in [-0.2, -0.15) is 0 Å². The van der Waals surface area contributed by atoms with E-state index in [4.69, 9.17) is 0 Å². The van der Waals surface area contributed by atoms with Gasteiger partial charge in [0.1, 0.15) is 5.69 Å². The number of carbonyl (C=O) groups excluding carboxylic acids is 1. The first-order chi connectivity index (χ1) is 6.15. The summed E-state index contributed by atoms with van der Waals surface area (Å²) in [4.78, 5) is 15.6. The van der Waals surface area contributed by atoms with Crippen molar-refractivity contribution in [3.8, 4) is 0 Å². The molecule has 1 unspecified atom stereocenters. The highest BCUT2D eigenvalue weighted by atomic mass is 79.9. The van der Waals surface area contributed by atoms with Crippen LogP contribution in [0.25, 0.3) is 0 Å². The molecule has 0 aliphatic heterocycles. The van der Waals surface area contributed by atoms with Crippen molar-refractivity contribution in [3.63, 3.8) is 0 Å². The van der Waals surface area contributed by atoms with E-state index in [0.717, 1.165) is 4.47 Å². The molecule has 70 valence electrons. The molecule has 1 N–H and O–H groups in total. The van der Waals surface area contributed by atoms with Gasteiger partial charge in [0.15, 0.2) is 5.78 Å². The molecule has 0 aromatic carbocycles. The normalized spacial score (nSPS) is 12.5. The number of likely N-dealkylation sites (N-methyl/N-ethyl adjacent to an activating group) is 1. The second kappa shape index (κ2) is 4.48.